The van der Waals surface area contributed by atoms with Crippen molar-refractivity contribution >= 4 is 23.4 Å². The minimum Gasteiger partial charge on any atom is -0.468 e. The van der Waals surface area contributed by atoms with Gasteiger partial charge in [0.25, 0.3) is 5.91 Å². The molecule has 2 aromatic heterocycles. The summed E-state index contributed by atoms with van der Waals surface area (Å²) in [4.78, 5) is 13.6. The molecule has 0 radical (unpaired) electrons. The second-order valence-corrected chi connectivity index (χ2v) is 6.64. The highest BCUT2D eigenvalue weighted by Crippen LogP contribution is 2.27. The summed E-state index contributed by atoms with van der Waals surface area (Å²) >= 11 is 1.56. The number of nitrogens with one attached hydrogen (secondary N) is 1. The number of tetrazole rings is 1. The zero-order valence-corrected chi connectivity index (χ0v) is 15.0. The first kappa shape index (κ1) is 17.0. The molecular formula is C19H15N5O2S. The first-order chi connectivity index (χ1) is 13.3. The average molecular weight is 377 g/mol. The van der Waals surface area contributed by atoms with Crippen molar-refractivity contribution in [1.82, 2.24) is 20.2 Å². The van der Waals surface area contributed by atoms with Gasteiger partial charge in [0, 0.05) is 10.6 Å². The molecule has 7 nitrogen and oxygen atoms in total. The summed E-state index contributed by atoms with van der Waals surface area (Å²) in [6.07, 6.45) is 3.16. The molecule has 1 amide bonds. The number of furan rings is 1. The molecule has 0 saturated heterocycles. The van der Waals surface area contributed by atoms with Crippen molar-refractivity contribution in [2.45, 2.75) is 10.6 Å². The van der Waals surface area contributed by atoms with E-state index in [4.69, 9.17) is 4.42 Å². The van der Waals surface area contributed by atoms with Crippen molar-refractivity contribution in [3.63, 3.8) is 0 Å². The van der Waals surface area contributed by atoms with Gasteiger partial charge in [-0.2, -0.15) is 0 Å². The van der Waals surface area contributed by atoms with Crippen LogP contribution < -0.4 is 5.32 Å². The lowest BCUT2D eigenvalue weighted by molar-refractivity contribution is 0.102. The molecule has 0 aliphatic heterocycles. The van der Waals surface area contributed by atoms with E-state index in [-0.39, 0.29) is 5.91 Å². The molecule has 8 heteroatoms. The van der Waals surface area contributed by atoms with Crippen LogP contribution in [-0.2, 0) is 5.75 Å². The molecule has 2 aromatic carbocycles. The molecule has 4 rings (SSSR count). The molecule has 0 spiro atoms. The van der Waals surface area contributed by atoms with Crippen LogP contribution in [0.3, 0.4) is 0 Å². The normalized spacial score (nSPS) is 10.7. The van der Waals surface area contributed by atoms with Crippen LogP contribution in [0.15, 0.2) is 82.6 Å². The van der Waals surface area contributed by atoms with Crippen molar-refractivity contribution < 1.29 is 9.21 Å². The summed E-state index contributed by atoms with van der Waals surface area (Å²) in [6.45, 7) is 0. The third-order valence-electron chi connectivity index (χ3n) is 3.82. The van der Waals surface area contributed by atoms with Gasteiger partial charge in [0.1, 0.15) is 12.1 Å². The smallest absolute Gasteiger partial charge is 0.256 e. The zero-order valence-electron chi connectivity index (χ0n) is 14.1. The van der Waals surface area contributed by atoms with Gasteiger partial charge in [0.15, 0.2) is 0 Å². The number of carbonyl (C=O) groups excluding carboxylic acids is 1. The number of hydrogen-bond donors (Lipinski definition) is 1. The van der Waals surface area contributed by atoms with E-state index in [2.05, 4.69) is 20.8 Å². The van der Waals surface area contributed by atoms with Crippen LogP contribution in [-0.4, -0.2) is 26.1 Å². The number of rotatable bonds is 6. The topological polar surface area (TPSA) is 85.8 Å². The second kappa shape index (κ2) is 7.88. The highest BCUT2D eigenvalue weighted by molar-refractivity contribution is 7.98. The molecule has 0 aliphatic carbocycles. The van der Waals surface area contributed by atoms with Crippen LogP contribution in [0.2, 0.25) is 0 Å². The second-order valence-electron chi connectivity index (χ2n) is 5.62. The molecule has 0 bridgehead atoms. The Morgan fingerprint density at radius 3 is 2.67 bits per heavy atom. The van der Waals surface area contributed by atoms with E-state index in [9.17, 15) is 4.79 Å². The molecule has 27 heavy (non-hydrogen) atoms. The number of amides is 1. The third-order valence-corrected chi connectivity index (χ3v) is 4.92. The SMILES string of the molecule is O=C(Nc1ccc(-n2cnnn2)cc1)c1ccccc1SCc1ccco1. The minimum absolute atomic E-state index is 0.160. The fraction of sp³-hybridized carbons (Fsp3) is 0.0526. The third kappa shape index (κ3) is 4.06. The lowest BCUT2D eigenvalue weighted by Crippen LogP contribution is -2.13. The lowest BCUT2D eigenvalue weighted by Gasteiger charge is -2.10. The number of carbonyl (C=O) groups is 1. The van der Waals surface area contributed by atoms with Gasteiger partial charge in [-0.3, -0.25) is 4.79 Å². The molecule has 2 heterocycles. The Morgan fingerprint density at radius 1 is 1.07 bits per heavy atom. The maximum Gasteiger partial charge on any atom is 0.256 e. The largest absolute Gasteiger partial charge is 0.468 e. The van der Waals surface area contributed by atoms with Gasteiger partial charge in [-0.1, -0.05) is 12.1 Å². The van der Waals surface area contributed by atoms with Crippen molar-refractivity contribution in [1.29, 1.82) is 0 Å². The molecule has 134 valence electrons. The van der Waals surface area contributed by atoms with Crippen LogP contribution in [0, 0.1) is 0 Å². The van der Waals surface area contributed by atoms with Gasteiger partial charge < -0.3 is 9.73 Å². The summed E-state index contributed by atoms with van der Waals surface area (Å²) in [7, 11) is 0. The van der Waals surface area contributed by atoms with Crippen LogP contribution in [0.4, 0.5) is 5.69 Å². The summed E-state index contributed by atoms with van der Waals surface area (Å²) in [5, 5.41) is 14.0. The van der Waals surface area contributed by atoms with Gasteiger partial charge in [-0.15, -0.1) is 16.9 Å². The van der Waals surface area contributed by atoms with Crippen LogP contribution >= 0.6 is 11.8 Å². The van der Waals surface area contributed by atoms with Crippen LogP contribution in [0.5, 0.6) is 0 Å². The van der Waals surface area contributed by atoms with Crippen LogP contribution in [0.1, 0.15) is 16.1 Å². The van der Waals surface area contributed by atoms with E-state index < -0.39 is 0 Å². The van der Waals surface area contributed by atoms with Crippen molar-refractivity contribution in [2.75, 3.05) is 5.32 Å². The van der Waals surface area contributed by atoms with Crippen molar-refractivity contribution in [3.8, 4) is 5.69 Å². The maximum absolute atomic E-state index is 12.7. The predicted molar refractivity (Wildman–Crippen MR) is 102 cm³/mol. The molecule has 0 unspecified atom stereocenters. The standard InChI is InChI=1S/C19H15N5O2S/c25-19(21-14-7-9-15(10-8-14)24-13-20-22-23-24)17-5-1-2-6-18(17)27-12-16-4-3-11-26-16/h1-11,13H,12H2,(H,21,25). The van der Waals surface area contributed by atoms with Gasteiger partial charge in [-0.05, 0) is 59.0 Å². The Morgan fingerprint density at radius 2 is 1.93 bits per heavy atom. The highest BCUT2D eigenvalue weighted by Gasteiger charge is 2.12. The summed E-state index contributed by atoms with van der Waals surface area (Å²) < 4.78 is 6.90. The summed E-state index contributed by atoms with van der Waals surface area (Å²) in [6, 6.07) is 18.6. The van der Waals surface area contributed by atoms with Gasteiger partial charge in [-0.25, -0.2) is 4.68 Å². The molecule has 0 aliphatic rings. The van der Waals surface area contributed by atoms with E-state index in [1.54, 1.807) is 22.7 Å². The van der Waals surface area contributed by atoms with Gasteiger partial charge in [0.2, 0.25) is 0 Å². The fourth-order valence-corrected chi connectivity index (χ4v) is 3.45. The van der Waals surface area contributed by atoms with E-state index in [1.165, 1.54) is 6.33 Å². The highest BCUT2D eigenvalue weighted by atomic mass is 32.2. The monoisotopic (exact) mass is 377 g/mol. The molecule has 4 aromatic rings. The first-order valence-electron chi connectivity index (χ1n) is 8.18. The summed E-state index contributed by atoms with van der Waals surface area (Å²) in [5.74, 6) is 1.37. The van der Waals surface area contributed by atoms with E-state index in [0.29, 0.717) is 17.0 Å². The number of hydrogen-bond acceptors (Lipinski definition) is 6. The predicted octanol–water partition coefficient (Wildman–Crippen LogP) is 3.80. The van der Waals surface area contributed by atoms with Gasteiger partial charge in [0.05, 0.1) is 23.3 Å². The average Bonchev–Trinajstić information content (AvgIpc) is 3.41. The quantitative estimate of drug-likeness (QED) is 0.515. The zero-order chi connectivity index (χ0) is 18.5. The Balaban J connectivity index is 1.46. The Bertz CT molecular complexity index is 1010. The molecule has 0 atom stereocenters. The fourth-order valence-electron chi connectivity index (χ4n) is 2.50. The number of benzene rings is 2. The molecule has 0 fully saturated rings. The number of aromatic nitrogens is 4. The van der Waals surface area contributed by atoms with Crippen LogP contribution in [0.25, 0.3) is 5.69 Å². The Hall–Kier alpha value is -3.39. The van der Waals surface area contributed by atoms with E-state index in [1.807, 2.05) is 60.7 Å². The van der Waals surface area contributed by atoms with E-state index in [0.717, 1.165) is 16.3 Å². The van der Waals surface area contributed by atoms with Crippen molar-refractivity contribution in [2.24, 2.45) is 0 Å². The lowest BCUT2D eigenvalue weighted by atomic mass is 10.2. The minimum atomic E-state index is -0.160. The Kier molecular flexibility index (Phi) is 4.97. The Labute approximate surface area is 159 Å². The first-order valence-corrected chi connectivity index (χ1v) is 9.17. The number of thioether (sulfide) groups is 1. The molecule has 0 saturated carbocycles. The molecule has 1 N–H and O–H groups in total. The van der Waals surface area contributed by atoms with Crippen molar-refractivity contribution in [3.05, 3.63) is 84.6 Å². The molecular weight excluding hydrogens is 362 g/mol. The number of nitrogens with zero attached hydrogens (tertiary/aromatic N) is 4. The summed E-state index contributed by atoms with van der Waals surface area (Å²) in [5.41, 5.74) is 2.13. The van der Waals surface area contributed by atoms with E-state index >= 15 is 0 Å². The van der Waals surface area contributed by atoms with Gasteiger partial charge >= 0.3 is 0 Å². The number of anilines is 1. The maximum atomic E-state index is 12.7.